The fourth-order valence-corrected chi connectivity index (χ4v) is 2.77. The van der Waals surface area contributed by atoms with Crippen molar-refractivity contribution in [2.75, 3.05) is 26.8 Å². The Morgan fingerprint density at radius 1 is 1.57 bits per heavy atom. The van der Waals surface area contributed by atoms with Crippen LogP contribution in [0.25, 0.3) is 0 Å². The third-order valence-corrected chi connectivity index (χ3v) is 3.81. The molecular formula is C15H24N4O2. The van der Waals surface area contributed by atoms with E-state index in [9.17, 15) is 4.79 Å². The maximum absolute atomic E-state index is 11.1. The van der Waals surface area contributed by atoms with Gasteiger partial charge >= 0.3 is 0 Å². The van der Waals surface area contributed by atoms with Crippen molar-refractivity contribution in [1.29, 1.82) is 0 Å². The minimum Gasteiger partial charge on any atom is -0.383 e. The molecule has 1 amide bonds. The van der Waals surface area contributed by atoms with E-state index in [4.69, 9.17) is 4.74 Å². The second kappa shape index (κ2) is 7.47. The summed E-state index contributed by atoms with van der Waals surface area (Å²) in [6.45, 7) is 6.61. The van der Waals surface area contributed by atoms with Crippen LogP contribution in [-0.4, -0.2) is 47.6 Å². The zero-order valence-electron chi connectivity index (χ0n) is 13.1. The first kappa shape index (κ1) is 15.9. The highest BCUT2D eigenvalue weighted by atomic mass is 16.5. The van der Waals surface area contributed by atoms with E-state index in [1.165, 1.54) is 6.92 Å². The lowest BCUT2D eigenvalue weighted by atomic mass is 10.1. The number of aryl methyl sites for hydroxylation is 1. The van der Waals surface area contributed by atoms with Crippen LogP contribution in [0.1, 0.15) is 42.9 Å². The fraction of sp³-hybridized carbons (Fsp3) is 0.667. The van der Waals surface area contributed by atoms with Crippen LogP contribution in [0, 0.1) is 6.92 Å². The maximum Gasteiger partial charge on any atom is 0.217 e. The van der Waals surface area contributed by atoms with Gasteiger partial charge in [-0.15, -0.1) is 0 Å². The van der Waals surface area contributed by atoms with E-state index in [0.29, 0.717) is 12.6 Å². The standard InChI is InChI=1S/C15H24N4O2/c1-11-16-9-13(10-17-12(2)20)15(18-11)14-5-4-6-19(14)7-8-21-3/h9,14H,4-8,10H2,1-3H3,(H,17,20)/t14-/m1/s1. The largest absolute Gasteiger partial charge is 0.383 e. The van der Waals surface area contributed by atoms with Crippen LogP contribution in [0.3, 0.4) is 0 Å². The predicted molar refractivity (Wildman–Crippen MR) is 79.7 cm³/mol. The minimum atomic E-state index is -0.0378. The summed E-state index contributed by atoms with van der Waals surface area (Å²) < 4.78 is 5.19. The summed E-state index contributed by atoms with van der Waals surface area (Å²) in [6.07, 6.45) is 4.09. The molecule has 0 aliphatic carbocycles. The molecule has 1 N–H and O–H groups in total. The molecule has 2 rings (SSSR count). The third kappa shape index (κ3) is 4.22. The van der Waals surface area contributed by atoms with E-state index in [1.807, 2.05) is 13.1 Å². The van der Waals surface area contributed by atoms with E-state index in [0.717, 1.165) is 49.6 Å². The molecule has 6 heteroatoms. The highest BCUT2D eigenvalue weighted by Crippen LogP contribution is 2.32. The number of methoxy groups -OCH3 is 1. The van der Waals surface area contributed by atoms with Crippen LogP contribution in [-0.2, 0) is 16.1 Å². The van der Waals surface area contributed by atoms with Gasteiger partial charge in [-0.3, -0.25) is 9.69 Å². The Kier molecular flexibility index (Phi) is 5.64. The lowest BCUT2D eigenvalue weighted by Crippen LogP contribution is -2.29. The Labute approximate surface area is 125 Å². The van der Waals surface area contributed by atoms with Crippen LogP contribution >= 0.6 is 0 Å². The van der Waals surface area contributed by atoms with Gasteiger partial charge in [0.1, 0.15) is 5.82 Å². The number of amides is 1. The number of carbonyl (C=O) groups excluding carboxylic acids is 1. The first-order chi connectivity index (χ1) is 10.1. The maximum atomic E-state index is 11.1. The van der Waals surface area contributed by atoms with Gasteiger partial charge in [0, 0.05) is 38.9 Å². The highest BCUT2D eigenvalue weighted by Gasteiger charge is 2.28. The van der Waals surface area contributed by atoms with Gasteiger partial charge in [0.05, 0.1) is 18.3 Å². The Bertz CT molecular complexity index is 493. The van der Waals surface area contributed by atoms with Crippen molar-refractivity contribution >= 4 is 5.91 Å². The number of carbonyl (C=O) groups is 1. The summed E-state index contributed by atoms with van der Waals surface area (Å²) in [5.41, 5.74) is 2.05. The van der Waals surface area contributed by atoms with Gasteiger partial charge < -0.3 is 10.1 Å². The second-order valence-corrected chi connectivity index (χ2v) is 5.42. The number of hydrogen-bond donors (Lipinski definition) is 1. The molecule has 0 radical (unpaired) electrons. The van der Waals surface area contributed by atoms with Crippen molar-refractivity contribution in [3.63, 3.8) is 0 Å². The van der Waals surface area contributed by atoms with E-state index < -0.39 is 0 Å². The minimum absolute atomic E-state index is 0.0378. The average Bonchev–Trinajstić information content (AvgIpc) is 2.91. The monoisotopic (exact) mass is 292 g/mol. The SMILES string of the molecule is COCCN1CCC[C@@H]1c1nc(C)ncc1CNC(C)=O. The zero-order valence-corrected chi connectivity index (χ0v) is 13.1. The van der Waals surface area contributed by atoms with Crippen LogP contribution in [0.4, 0.5) is 0 Å². The summed E-state index contributed by atoms with van der Waals surface area (Å²) >= 11 is 0. The molecule has 0 saturated carbocycles. The lowest BCUT2D eigenvalue weighted by Gasteiger charge is -2.25. The van der Waals surface area contributed by atoms with E-state index in [2.05, 4.69) is 20.2 Å². The van der Waals surface area contributed by atoms with Gasteiger partial charge in [0.2, 0.25) is 5.91 Å². The molecule has 1 fully saturated rings. The van der Waals surface area contributed by atoms with Gasteiger partial charge in [-0.05, 0) is 26.3 Å². The molecule has 6 nitrogen and oxygen atoms in total. The molecule has 2 heterocycles. The zero-order chi connectivity index (χ0) is 15.2. The predicted octanol–water partition coefficient (Wildman–Crippen LogP) is 1.20. The van der Waals surface area contributed by atoms with Gasteiger partial charge in [-0.1, -0.05) is 0 Å². The number of likely N-dealkylation sites (tertiary alicyclic amines) is 1. The van der Waals surface area contributed by atoms with Crippen molar-refractivity contribution in [1.82, 2.24) is 20.2 Å². The molecule has 1 aliphatic heterocycles. The normalized spacial score (nSPS) is 18.9. The molecular weight excluding hydrogens is 268 g/mol. The Balaban J connectivity index is 2.19. The van der Waals surface area contributed by atoms with E-state index >= 15 is 0 Å². The number of aromatic nitrogens is 2. The smallest absolute Gasteiger partial charge is 0.217 e. The summed E-state index contributed by atoms with van der Waals surface area (Å²) in [5, 5.41) is 2.84. The number of rotatable bonds is 6. The van der Waals surface area contributed by atoms with E-state index in [1.54, 1.807) is 7.11 Å². The Morgan fingerprint density at radius 3 is 3.10 bits per heavy atom. The van der Waals surface area contributed by atoms with Crippen molar-refractivity contribution in [3.8, 4) is 0 Å². The van der Waals surface area contributed by atoms with Crippen molar-refractivity contribution in [3.05, 3.63) is 23.3 Å². The quantitative estimate of drug-likeness (QED) is 0.853. The summed E-state index contributed by atoms with van der Waals surface area (Å²) in [5.74, 6) is 0.736. The molecule has 1 atom stereocenters. The molecule has 1 aliphatic rings. The molecule has 0 spiro atoms. The number of hydrogen-bond acceptors (Lipinski definition) is 5. The van der Waals surface area contributed by atoms with Crippen molar-refractivity contribution < 1.29 is 9.53 Å². The average molecular weight is 292 g/mol. The highest BCUT2D eigenvalue weighted by molar-refractivity contribution is 5.72. The molecule has 1 aromatic rings. The van der Waals surface area contributed by atoms with Crippen LogP contribution in [0.2, 0.25) is 0 Å². The Hall–Kier alpha value is -1.53. The molecule has 21 heavy (non-hydrogen) atoms. The number of ether oxygens (including phenoxy) is 1. The number of nitrogens with zero attached hydrogens (tertiary/aromatic N) is 3. The lowest BCUT2D eigenvalue weighted by molar-refractivity contribution is -0.119. The van der Waals surface area contributed by atoms with Crippen LogP contribution < -0.4 is 5.32 Å². The molecule has 0 unspecified atom stereocenters. The topological polar surface area (TPSA) is 67.3 Å². The molecule has 1 saturated heterocycles. The molecule has 1 aromatic heterocycles. The number of nitrogens with one attached hydrogen (secondary N) is 1. The Morgan fingerprint density at radius 2 is 2.38 bits per heavy atom. The van der Waals surface area contributed by atoms with Gasteiger partial charge in [0.15, 0.2) is 0 Å². The molecule has 0 bridgehead atoms. The van der Waals surface area contributed by atoms with Gasteiger partial charge in [0.25, 0.3) is 0 Å². The van der Waals surface area contributed by atoms with Crippen molar-refractivity contribution in [2.24, 2.45) is 0 Å². The third-order valence-electron chi connectivity index (χ3n) is 3.81. The molecule has 116 valence electrons. The second-order valence-electron chi connectivity index (χ2n) is 5.42. The van der Waals surface area contributed by atoms with E-state index in [-0.39, 0.29) is 5.91 Å². The first-order valence-electron chi connectivity index (χ1n) is 7.41. The summed E-state index contributed by atoms with van der Waals surface area (Å²) in [7, 11) is 1.72. The molecule has 0 aromatic carbocycles. The summed E-state index contributed by atoms with van der Waals surface area (Å²) in [4.78, 5) is 22.5. The van der Waals surface area contributed by atoms with Crippen LogP contribution in [0.5, 0.6) is 0 Å². The summed E-state index contributed by atoms with van der Waals surface area (Å²) in [6, 6.07) is 0.297. The van der Waals surface area contributed by atoms with Gasteiger partial charge in [-0.2, -0.15) is 0 Å². The van der Waals surface area contributed by atoms with Crippen LogP contribution in [0.15, 0.2) is 6.20 Å². The van der Waals surface area contributed by atoms with Gasteiger partial charge in [-0.25, -0.2) is 9.97 Å². The first-order valence-corrected chi connectivity index (χ1v) is 7.41. The van der Waals surface area contributed by atoms with Crippen molar-refractivity contribution in [2.45, 2.75) is 39.3 Å². The fourth-order valence-electron chi connectivity index (χ4n) is 2.77.